The number of carbonyl (C=O) groups is 3. The lowest BCUT2D eigenvalue weighted by atomic mass is 9.98. The van der Waals surface area contributed by atoms with Gasteiger partial charge in [-0.1, -0.05) is 76.2 Å². The van der Waals surface area contributed by atoms with Crippen molar-refractivity contribution in [2.45, 2.75) is 52.1 Å². The normalized spacial score (nSPS) is 18.5. The number of hydrogen-bond acceptors (Lipinski definition) is 4. The Kier molecular flexibility index (Phi) is 5.68. The summed E-state index contributed by atoms with van der Waals surface area (Å²) in [5.74, 6) is -1.82. The molecule has 2 aromatic rings. The SMILES string of the molecule is CC1(C)C(NC(=O)C(CC(=O)O)NC(=O)OCC2c3ccccc3-c3ccccc32)C1(C)C. The average Bonchev–Trinajstić information content (AvgIpc) is 3.03. The number of carbonyl (C=O) groups excluding carboxylic acids is 2. The largest absolute Gasteiger partial charge is 0.481 e. The summed E-state index contributed by atoms with van der Waals surface area (Å²) >= 11 is 0. The highest BCUT2D eigenvalue weighted by Crippen LogP contribution is 2.62. The average molecular weight is 451 g/mol. The van der Waals surface area contributed by atoms with E-state index in [1.165, 1.54) is 0 Å². The van der Waals surface area contributed by atoms with E-state index in [-0.39, 0.29) is 29.4 Å². The number of benzene rings is 2. The number of ether oxygens (including phenoxy) is 1. The van der Waals surface area contributed by atoms with Gasteiger partial charge in [-0.15, -0.1) is 0 Å². The Hall–Kier alpha value is -3.35. The molecular formula is C26H30N2O5. The number of carboxylic acid groups (broad SMARTS) is 1. The van der Waals surface area contributed by atoms with Gasteiger partial charge < -0.3 is 20.5 Å². The first-order chi connectivity index (χ1) is 15.5. The van der Waals surface area contributed by atoms with Gasteiger partial charge in [0.15, 0.2) is 0 Å². The zero-order valence-corrected chi connectivity index (χ0v) is 19.3. The molecule has 4 rings (SSSR count). The molecule has 1 saturated carbocycles. The highest BCUT2D eigenvalue weighted by molar-refractivity contribution is 5.90. The molecule has 0 spiro atoms. The van der Waals surface area contributed by atoms with E-state index in [0.717, 1.165) is 22.3 Å². The maximum absolute atomic E-state index is 12.8. The van der Waals surface area contributed by atoms with Gasteiger partial charge in [-0.3, -0.25) is 9.59 Å². The molecule has 0 aliphatic heterocycles. The Bertz CT molecular complexity index is 1050. The summed E-state index contributed by atoms with van der Waals surface area (Å²) in [6.07, 6.45) is -1.34. The molecule has 1 unspecified atom stereocenters. The fourth-order valence-electron chi connectivity index (χ4n) is 4.97. The van der Waals surface area contributed by atoms with Crippen molar-refractivity contribution in [3.8, 4) is 11.1 Å². The van der Waals surface area contributed by atoms with Crippen molar-refractivity contribution in [2.24, 2.45) is 10.8 Å². The molecule has 0 bridgehead atoms. The quantitative estimate of drug-likeness (QED) is 0.593. The summed E-state index contributed by atoms with van der Waals surface area (Å²) in [6, 6.07) is 14.7. The monoisotopic (exact) mass is 450 g/mol. The first-order valence-corrected chi connectivity index (χ1v) is 11.2. The number of nitrogens with one attached hydrogen (secondary N) is 2. The molecule has 174 valence electrons. The van der Waals surface area contributed by atoms with Crippen LogP contribution in [0.3, 0.4) is 0 Å². The van der Waals surface area contributed by atoms with Crippen molar-refractivity contribution >= 4 is 18.0 Å². The Balaban J connectivity index is 1.41. The first kappa shape index (κ1) is 22.8. The second-order valence-corrected chi connectivity index (χ2v) is 10.0. The molecule has 7 nitrogen and oxygen atoms in total. The van der Waals surface area contributed by atoms with Crippen LogP contribution in [0.5, 0.6) is 0 Å². The molecular weight excluding hydrogens is 420 g/mol. The lowest BCUT2D eigenvalue weighted by Gasteiger charge is -2.19. The highest BCUT2D eigenvalue weighted by atomic mass is 16.5. The van der Waals surface area contributed by atoms with Gasteiger partial charge >= 0.3 is 12.1 Å². The van der Waals surface area contributed by atoms with Gasteiger partial charge in [0.2, 0.25) is 5.91 Å². The molecule has 2 aliphatic rings. The van der Waals surface area contributed by atoms with Gasteiger partial charge in [0.05, 0.1) is 6.42 Å². The molecule has 0 heterocycles. The van der Waals surface area contributed by atoms with Crippen molar-refractivity contribution in [2.75, 3.05) is 6.61 Å². The molecule has 0 saturated heterocycles. The number of aliphatic carboxylic acids is 1. The van der Waals surface area contributed by atoms with Crippen LogP contribution >= 0.6 is 0 Å². The smallest absolute Gasteiger partial charge is 0.407 e. The zero-order valence-electron chi connectivity index (χ0n) is 19.3. The van der Waals surface area contributed by atoms with Gasteiger partial charge in [-0.05, 0) is 33.1 Å². The standard InChI is InChI=1S/C26H30N2O5/c1-25(2)23(26(25,3)4)28-22(31)20(13-21(29)30)27-24(32)33-14-19-17-11-7-5-9-15(17)16-10-6-8-12-18(16)19/h5-12,19-20,23H,13-14H2,1-4H3,(H,27,32)(H,28,31)(H,29,30). The van der Waals surface area contributed by atoms with E-state index in [0.29, 0.717) is 0 Å². The minimum Gasteiger partial charge on any atom is -0.481 e. The molecule has 3 N–H and O–H groups in total. The molecule has 1 atom stereocenters. The van der Waals surface area contributed by atoms with Crippen LogP contribution in [-0.2, 0) is 14.3 Å². The van der Waals surface area contributed by atoms with Crippen LogP contribution in [0.4, 0.5) is 4.79 Å². The van der Waals surface area contributed by atoms with E-state index in [1.807, 2.05) is 76.2 Å². The summed E-state index contributed by atoms with van der Waals surface area (Å²) in [4.78, 5) is 36.7. The van der Waals surface area contributed by atoms with Crippen molar-refractivity contribution in [1.29, 1.82) is 0 Å². The van der Waals surface area contributed by atoms with Crippen LogP contribution in [0, 0.1) is 10.8 Å². The minimum absolute atomic E-state index is 0.0873. The van der Waals surface area contributed by atoms with E-state index in [9.17, 15) is 19.5 Å². The lowest BCUT2D eigenvalue weighted by Crippen LogP contribution is -2.49. The van der Waals surface area contributed by atoms with Crippen LogP contribution in [0.25, 0.3) is 11.1 Å². The molecule has 0 radical (unpaired) electrons. The second kappa shape index (κ2) is 8.21. The summed E-state index contributed by atoms with van der Waals surface area (Å²) in [5.41, 5.74) is 4.15. The molecule has 33 heavy (non-hydrogen) atoms. The summed E-state index contributed by atoms with van der Waals surface area (Å²) in [7, 11) is 0. The van der Waals surface area contributed by atoms with Crippen molar-refractivity contribution in [1.82, 2.24) is 10.6 Å². The Morgan fingerprint density at radius 2 is 1.45 bits per heavy atom. The van der Waals surface area contributed by atoms with E-state index >= 15 is 0 Å². The number of carboxylic acids is 1. The van der Waals surface area contributed by atoms with Gasteiger partial charge in [-0.2, -0.15) is 0 Å². The van der Waals surface area contributed by atoms with Crippen molar-refractivity contribution in [3.63, 3.8) is 0 Å². The molecule has 7 heteroatoms. The van der Waals surface area contributed by atoms with Crippen LogP contribution < -0.4 is 10.6 Å². The minimum atomic E-state index is -1.22. The number of alkyl carbamates (subject to hydrolysis) is 1. The fourth-order valence-corrected chi connectivity index (χ4v) is 4.97. The Morgan fingerprint density at radius 1 is 0.939 bits per heavy atom. The zero-order chi connectivity index (χ0) is 24.0. The predicted octanol–water partition coefficient (Wildman–Crippen LogP) is 3.92. The topological polar surface area (TPSA) is 105 Å². The fraction of sp³-hybridized carbons (Fsp3) is 0.423. The van der Waals surface area contributed by atoms with Gasteiger partial charge in [0.1, 0.15) is 12.6 Å². The van der Waals surface area contributed by atoms with Gasteiger partial charge in [0, 0.05) is 12.0 Å². The lowest BCUT2D eigenvalue weighted by molar-refractivity contribution is -0.139. The Morgan fingerprint density at radius 3 is 1.94 bits per heavy atom. The van der Waals surface area contributed by atoms with E-state index in [2.05, 4.69) is 10.6 Å². The summed E-state index contributed by atoms with van der Waals surface area (Å²) < 4.78 is 5.48. The molecule has 2 aliphatic carbocycles. The van der Waals surface area contributed by atoms with Crippen LogP contribution in [-0.4, -0.2) is 41.8 Å². The predicted molar refractivity (Wildman–Crippen MR) is 124 cm³/mol. The van der Waals surface area contributed by atoms with Crippen LogP contribution in [0.2, 0.25) is 0 Å². The van der Waals surface area contributed by atoms with E-state index in [1.54, 1.807) is 0 Å². The third-order valence-electron chi connectivity index (χ3n) is 7.64. The van der Waals surface area contributed by atoms with Crippen LogP contribution in [0.1, 0.15) is 51.2 Å². The maximum Gasteiger partial charge on any atom is 0.407 e. The number of fused-ring (bicyclic) bond motifs is 3. The second-order valence-electron chi connectivity index (χ2n) is 10.0. The highest BCUT2D eigenvalue weighted by Gasteiger charge is 2.65. The molecule has 2 aromatic carbocycles. The third kappa shape index (κ3) is 4.08. The summed E-state index contributed by atoms with van der Waals surface area (Å²) in [6.45, 7) is 8.27. The molecule has 1 fully saturated rings. The van der Waals surface area contributed by atoms with Crippen LogP contribution in [0.15, 0.2) is 48.5 Å². The number of amides is 2. The number of hydrogen-bond donors (Lipinski definition) is 3. The van der Waals surface area contributed by atoms with Crippen molar-refractivity contribution in [3.05, 3.63) is 59.7 Å². The van der Waals surface area contributed by atoms with Crippen molar-refractivity contribution < 1.29 is 24.2 Å². The van der Waals surface area contributed by atoms with Gasteiger partial charge in [0.25, 0.3) is 0 Å². The summed E-state index contributed by atoms with van der Waals surface area (Å²) in [5, 5.41) is 14.6. The van der Waals surface area contributed by atoms with E-state index in [4.69, 9.17) is 4.74 Å². The molecule has 0 aromatic heterocycles. The molecule has 2 amide bonds. The maximum atomic E-state index is 12.8. The first-order valence-electron chi connectivity index (χ1n) is 11.2. The van der Waals surface area contributed by atoms with Gasteiger partial charge in [-0.25, -0.2) is 4.79 Å². The van der Waals surface area contributed by atoms with E-state index < -0.39 is 30.4 Å². The Labute approximate surface area is 193 Å². The number of rotatable bonds is 7. The third-order valence-corrected chi connectivity index (χ3v) is 7.64.